The Morgan fingerprint density at radius 2 is 2.04 bits per heavy atom. The summed E-state index contributed by atoms with van der Waals surface area (Å²) in [6.07, 6.45) is 0.638. The highest BCUT2D eigenvalue weighted by atomic mass is 16.5. The minimum Gasteiger partial charge on any atom is -0.495 e. The van der Waals surface area contributed by atoms with E-state index in [0.717, 1.165) is 5.56 Å². The van der Waals surface area contributed by atoms with Crippen LogP contribution in [-0.4, -0.2) is 18.2 Å². The van der Waals surface area contributed by atoms with E-state index in [9.17, 15) is 4.79 Å². The van der Waals surface area contributed by atoms with Gasteiger partial charge in [0, 0.05) is 0 Å². The molecule has 0 aliphatic heterocycles. The molecule has 1 heterocycles. The number of nitrogens with zero attached hydrogens (tertiary/aromatic N) is 1. The summed E-state index contributed by atoms with van der Waals surface area (Å²) in [6, 6.07) is 5.83. The van der Waals surface area contributed by atoms with Crippen LogP contribution in [0.25, 0.3) is 0 Å². The maximum Gasteiger partial charge on any atom is 0.261 e. The molecule has 0 aliphatic rings. The third-order valence-corrected chi connectivity index (χ3v) is 3.81. The molecule has 0 radical (unpaired) electrons. The first-order valence-electron chi connectivity index (χ1n) is 7.73. The van der Waals surface area contributed by atoms with Gasteiger partial charge in [0.05, 0.1) is 18.5 Å². The van der Waals surface area contributed by atoms with Gasteiger partial charge < -0.3 is 14.6 Å². The lowest BCUT2D eigenvalue weighted by atomic mass is 9.87. The highest BCUT2D eigenvalue weighted by molar-refractivity contribution is 6.06. The van der Waals surface area contributed by atoms with Gasteiger partial charge in [0.15, 0.2) is 0 Å². The Morgan fingerprint density at radius 3 is 2.61 bits per heavy atom. The van der Waals surface area contributed by atoms with E-state index < -0.39 is 0 Å². The number of aryl methyl sites for hydroxylation is 2. The van der Waals surface area contributed by atoms with Crippen LogP contribution in [0, 0.1) is 6.92 Å². The second-order valence-corrected chi connectivity index (χ2v) is 6.53. The maximum absolute atomic E-state index is 12.6. The largest absolute Gasteiger partial charge is 0.495 e. The van der Waals surface area contributed by atoms with E-state index in [1.54, 1.807) is 14.0 Å². The highest BCUT2D eigenvalue weighted by Crippen LogP contribution is 2.32. The van der Waals surface area contributed by atoms with Crippen molar-refractivity contribution in [3.8, 4) is 5.75 Å². The van der Waals surface area contributed by atoms with Crippen molar-refractivity contribution in [2.45, 2.75) is 46.5 Å². The van der Waals surface area contributed by atoms with Crippen molar-refractivity contribution in [2.75, 3.05) is 12.4 Å². The molecule has 0 bridgehead atoms. The summed E-state index contributed by atoms with van der Waals surface area (Å²) in [5.41, 5.74) is 2.90. The Morgan fingerprint density at radius 1 is 1.35 bits per heavy atom. The van der Waals surface area contributed by atoms with Crippen molar-refractivity contribution in [3.63, 3.8) is 0 Å². The Balaban J connectivity index is 2.38. The lowest BCUT2D eigenvalue weighted by Gasteiger charge is -2.21. The van der Waals surface area contributed by atoms with E-state index in [4.69, 9.17) is 9.26 Å². The number of anilines is 1. The number of carbonyl (C=O) groups is 1. The highest BCUT2D eigenvalue weighted by Gasteiger charge is 2.22. The zero-order valence-corrected chi connectivity index (χ0v) is 14.6. The van der Waals surface area contributed by atoms with Crippen molar-refractivity contribution in [3.05, 3.63) is 40.8 Å². The number of benzene rings is 1. The number of carbonyl (C=O) groups excluding carboxylic acids is 1. The van der Waals surface area contributed by atoms with Gasteiger partial charge in [-0.1, -0.05) is 38.9 Å². The molecule has 1 aromatic heterocycles. The lowest BCUT2D eigenvalue weighted by molar-refractivity contribution is 0.102. The second kappa shape index (κ2) is 6.44. The maximum atomic E-state index is 12.6. The third-order valence-electron chi connectivity index (χ3n) is 3.81. The first kappa shape index (κ1) is 17.1. The van der Waals surface area contributed by atoms with Gasteiger partial charge in [-0.2, -0.15) is 0 Å². The van der Waals surface area contributed by atoms with Crippen LogP contribution in [-0.2, 0) is 11.8 Å². The smallest absolute Gasteiger partial charge is 0.261 e. The SMILES string of the molecule is CCc1noc(C)c1C(=O)Nc1cc(C(C)(C)C)ccc1OC. The van der Waals surface area contributed by atoms with Crippen LogP contribution < -0.4 is 10.1 Å². The molecule has 124 valence electrons. The lowest BCUT2D eigenvalue weighted by Crippen LogP contribution is -2.17. The molecule has 1 N–H and O–H groups in total. The molecule has 0 saturated heterocycles. The average Bonchev–Trinajstić information content (AvgIpc) is 2.87. The topological polar surface area (TPSA) is 64.4 Å². The number of ether oxygens (including phenoxy) is 1. The van der Waals surface area contributed by atoms with Crippen LogP contribution in [0.3, 0.4) is 0 Å². The van der Waals surface area contributed by atoms with E-state index >= 15 is 0 Å². The third kappa shape index (κ3) is 3.55. The molecule has 5 heteroatoms. The molecule has 0 saturated carbocycles. The van der Waals surface area contributed by atoms with Crippen LogP contribution in [0.1, 0.15) is 55.1 Å². The normalized spacial score (nSPS) is 11.4. The van der Waals surface area contributed by atoms with E-state index in [-0.39, 0.29) is 11.3 Å². The molecule has 0 spiro atoms. The molecular formula is C18H24N2O3. The molecule has 1 amide bonds. The minimum absolute atomic E-state index is 0.0204. The van der Waals surface area contributed by atoms with E-state index in [2.05, 4.69) is 31.2 Å². The fraction of sp³-hybridized carbons (Fsp3) is 0.444. The van der Waals surface area contributed by atoms with Crippen molar-refractivity contribution >= 4 is 11.6 Å². The number of nitrogens with one attached hydrogen (secondary N) is 1. The summed E-state index contributed by atoms with van der Waals surface area (Å²) in [5, 5.41) is 6.86. The summed E-state index contributed by atoms with van der Waals surface area (Å²) in [4.78, 5) is 12.6. The predicted octanol–water partition coefficient (Wildman–Crippen LogP) is 4.10. The zero-order valence-electron chi connectivity index (χ0n) is 14.6. The van der Waals surface area contributed by atoms with Gasteiger partial charge in [-0.3, -0.25) is 4.79 Å². The summed E-state index contributed by atoms with van der Waals surface area (Å²) >= 11 is 0. The van der Waals surface area contributed by atoms with E-state index in [0.29, 0.717) is 34.9 Å². The first-order chi connectivity index (χ1) is 10.8. The van der Waals surface area contributed by atoms with Gasteiger partial charge in [-0.25, -0.2) is 0 Å². The Hall–Kier alpha value is -2.30. The molecule has 0 aliphatic carbocycles. The van der Waals surface area contributed by atoms with Gasteiger partial charge in [0.1, 0.15) is 17.1 Å². The minimum atomic E-state index is -0.232. The van der Waals surface area contributed by atoms with Gasteiger partial charge in [0.25, 0.3) is 5.91 Å². The zero-order chi connectivity index (χ0) is 17.2. The molecule has 0 atom stereocenters. The molecule has 23 heavy (non-hydrogen) atoms. The van der Waals surface area contributed by atoms with Crippen molar-refractivity contribution in [2.24, 2.45) is 0 Å². The van der Waals surface area contributed by atoms with Crippen LogP contribution in [0.4, 0.5) is 5.69 Å². The quantitative estimate of drug-likeness (QED) is 0.922. The molecule has 5 nitrogen and oxygen atoms in total. The van der Waals surface area contributed by atoms with Crippen molar-refractivity contribution < 1.29 is 14.1 Å². The standard InChI is InChI=1S/C18H24N2O3/c1-7-13-16(11(2)23-20-13)17(21)19-14-10-12(18(3,4)5)8-9-15(14)22-6/h8-10H,7H2,1-6H3,(H,19,21). The molecule has 2 aromatic rings. The van der Waals surface area contributed by atoms with Crippen LogP contribution in [0.2, 0.25) is 0 Å². The number of aromatic nitrogens is 1. The number of methoxy groups -OCH3 is 1. The Kier molecular flexibility index (Phi) is 4.78. The molecule has 0 fully saturated rings. The number of hydrogen-bond donors (Lipinski definition) is 1. The summed E-state index contributed by atoms with van der Waals surface area (Å²) < 4.78 is 10.5. The van der Waals surface area contributed by atoms with Gasteiger partial charge >= 0.3 is 0 Å². The summed E-state index contributed by atoms with van der Waals surface area (Å²) in [6.45, 7) is 10.1. The van der Waals surface area contributed by atoms with E-state index in [1.165, 1.54) is 0 Å². The first-order valence-corrected chi connectivity index (χ1v) is 7.73. The van der Waals surface area contributed by atoms with Gasteiger partial charge in [-0.05, 0) is 36.5 Å². The number of amides is 1. The number of hydrogen-bond acceptors (Lipinski definition) is 4. The van der Waals surface area contributed by atoms with Crippen molar-refractivity contribution in [1.82, 2.24) is 5.16 Å². The van der Waals surface area contributed by atoms with Crippen molar-refractivity contribution in [1.29, 1.82) is 0 Å². The van der Waals surface area contributed by atoms with Crippen LogP contribution in [0.15, 0.2) is 22.7 Å². The number of rotatable bonds is 4. The molecular weight excluding hydrogens is 292 g/mol. The van der Waals surface area contributed by atoms with Gasteiger partial charge in [0.2, 0.25) is 0 Å². The molecule has 2 rings (SSSR count). The van der Waals surface area contributed by atoms with Crippen LogP contribution in [0.5, 0.6) is 5.75 Å². The van der Waals surface area contributed by atoms with Gasteiger partial charge in [-0.15, -0.1) is 0 Å². The Bertz CT molecular complexity index is 712. The van der Waals surface area contributed by atoms with E-state index in [1.807, 2.05) is 25.1 Å². The summed E-state index contributed by atoms with van der Waals surface area (Å²) in [7, 11) is 1.59. The average molecular weight is 316 g/mol. The predicted molar refractivity (Wildman–Crippen MR) is 90.3 cm³/mol. The fourth-order valence-corrected chi connectivity index (χ4v) is 2.41. The fourth-order valence-electron chi connectivity index (χ4n) is 2.41. The molecule has 0 unspecified atom stereocenters. The summed E-state index contributed by atoms with van der Waals surface area (Å²) in [5.74, 6) is 0.911. The van der Waals surface area contributed by atoms with Crippen LogP contribution >= 0.6 is 0 Å². The Labute approximate surface area is 137 Å². The molecule has 1 aromatic carbocycles. The second-order valence-electron chi connectivity index (χ2n) is 6.53. The monoisotopic (exact) mass is 316 g/mol.